The fourth-order valence-corrected chi connectivity index (χ4v) is 3.15. The largest absolute Gasteiger partial charge is 0.490 e. The van der Waals surface area contributed by atoms with Gasteiger partial charge in [0.15, 0.2) is 0 Å². The fourth-order valence-electron chi connectivity index (χ4n) is 2.96. The number of para-hydroxylation sites is 1. The highest BCUT2D eigenvalue weighted by Gasteiger charge is 2.17. The van der Waals surface area contributed by atoms with Crippen LogP contribution in [-0.4, -0.2) is 38.4 Å². The van der Waals surface area contributed by atoms with E-state index in [-0.39, 0.29) is 11.7 Å². The topological polar surface area (TPSA) is 80.6 Å². The van der Waals surface area contributed by atoms with Crippen molar-refractivity contribution >= 4 is 23.6 Å². The number of carbonyl (C=O) groups excluding carboxylic acids is 1. The molecule has 1 N–H and O–H groups in total. The molecule has 0 aliphatic carbocycles. The summed E-state index contributed by atoms with van der Waals surface area (Å²) in [6.45, 7) is 1.85. The van der Waals surface area contributed by atoms with Crippen molar-refractivity contribution in [1.29, 1.82) is 5.26 Å². The third-order valence-corrected chi connectivity index (χ3v) is 4.83. The van der Waals surface area contributed by atoms with Crippen molar-refractivity contribution in [2.24, 2.45) is 0 Å². The number of ether oxygens (including phenoxy) is 3. The SMILES string of the molecule is N#C/C(=C\c1ccc(OCCOc2ccccc2Cl)cc1)C(=O)NC[C@H]1CCCO1. The van der Waals surface area contributed by atoms with Crippen LogP contribution in [0.5, 0.6) is 11.5 Å². The van der Waals surface area contributed by atoms with Gasteiger partial charge in [-0.1, -0.05) is 35.9 Å². The molecule has 6 nitrogen and oxygen atoms in total. The summed E-state index contributed by atoms with van der Waals surface area (Å²) in [5.74, 6) is 0.881. The average Bonchev–Trinajstić information content (AvgIpc) is 3.29. The number of amides is 1. The lowest BCUT2D eigenvalue weighted by Crippen LogP contribution is -2.32. The summed E-state index contributed by atoms with van der Waals surface area (Å²) in [7, 11) is 0. The highest BCUT2D eigenvalue weighted by molar-refractivity contribution is 6.32. The Labute approximate surface area is 181 Å². The summed E-state index contributed by atoms with van der Waals surface area (Å²) < 4.78 is 16.7. The molecule has 1 saturated heterocycles. The molecule has 0 aromatic heterocycles. The molecule has 156 valence electrons. The molecule has 7 heteroatoms. The lowest BCUT2D eigenvalue weighted by molar-refractivity contribution is -0.117. The first-order chi connectivity index (χ1) is 14.7. The summed E-state index contributed by atoms with van der Waals surface area (Å²) >= 11 is 6.04. The van der Waals surface area contributed by atoms with E-state index < -0.39 is 5.91 Å². The Balaban J connectivity index is 1.46. The number of rotatable bonds is 9. The van der Waals surface area contributed by atoms with Gasteiger partial charge in [-0.15, -0.1) is 0 Å². The first kappa shape index (κ1) is 21.7. The predicted molar refractivity (Wildman–Crippen MR) is 114 cm³/mol. The number of carbonyl (C=O) groups is 1. The fraction of sp³-hybridized carbons (Fsp3) is 0.304. The van der Waals surface area contributed by atoms with Gasteiger partial charge in [0.25, 0.3) is 5.91 Å². The van der Waals surface area contributed by atoms with E-state index in [1.807, 2.05) is 18.2 Å². The second-order valence-electron chi connectivity index (χ2n) is 6.71. The molecule has 1 fully saturated rings. The molecule has 1 aliphatic rings. The first-order valence-corrected chi connectivity index (χ1v) is 10.2. The number of hydrogen-bond donors (Lipinski definition) is 1. The summed E-state index contributed by atoms with van der Waals surface area (Å²) in [4.78, 5) is 12.2. The van der Waals surface area contributed by atoms with Crippen molar-refractivity contribution in [3.63, 3.8) is 0 Å². The van der Waals surface area contributed by atoms with Crippen LogP contribution in [0.4, 0.5) is 0 Å². The number of nitriles is 1. The van der Waals surface area contributed by atoms with Crippen LogP contribution in [0.2, 0.25) is 5.02 Å². The van der Waals surface area contributed by atoms with Crippen molar-refractivity contribution in [1.82, 2.24) is 5.32 Å². The Morgan fingerprint density at radius 2 is 1.97 bits per heavy atom. The summed E-state index contributed by atoms with van der Waals surface area (Å²) in [5, 5.41) is 12.6. The van der Waals surface area contributed by atoms with Crippen molar-refractivity contribution < 1.29 is 19.0 Å². The van der Waals surface area contributed by atoms with E-state index in [2.05, 4.69) is 5.32 Å². The summed E-state index contributed by atoms with van der Waals surface area (Å²) in [6.07, 6.45) is 3.51. The molecule has 0 saturated carbocycles. The summed E-state index contributed by atoms with van der Waals surface area (Å²) in [5.41, 5.74) is 0.785. The van der Waals surface area contributed by atoms with Crippen molar-refractivity contribution in [3.05, 3.63) is 64.7 Å². The second-order valence-corrected chi connectivity index (χ2v) is 7.12. The van der Waals surface area contributed by atoms with Crippen LogP contribution in [0.1, 0.15) is 18.4 Å². The monoisotopic (exact) mass is 426 g/mol. The van der Waals surface area contributed by atoms with Crippen LogP contribution < -0.4 is 14.8 Å². The van der Waals surface area contributed by atoms with Crippen LogP contribution in [0.15, 0.2) is 54.1 Å². The number of hydrogen-bond acceptors (Lipinski definition) is 5. The van der Waals surface area contributed by atoms with E-state index in [9.17, 15) is 10.1 Å². The lowest BCUT2D eigenvalue weighted by Gasteiger charge is -2.10. The van der Waals surface area contributed by atoms with Crippen LogP contribution in [-0.2, 0) is 9.53 Å². The van der Waals surface area contributed by atoms with Crippen molar-refractivity contribution in [2.45, 2.75) is 18.9 Å². The molecule has 1 aliphatic heterocycles. The third kappa shape index (κ3) is 6.51. The Kier molecular flexibility index (Phi) is 8.13. The van der Waals surface area contributed by atoms with E-state index in [1.165, 1.54) is 0 Å². The highest BCUT2D eigenvalue weighted by atomic mass is 35.5. The second kappa shape index (κ2) is 11.2. The zero-order valence-electron chi connectivity index (χ0n) is 16.5. The van der Waals surface area contributed by atoms with E-state index in [0.717, 1.165) is 25.0 Å². The number of nitrogens with zero attached hydrogens (tertiary/aromatic N) is 1. The van der Waals surface area contributed by atoms with Gasteiger partial charge in [-0.05, 0) is 48.7 Å². The molecule has 0 spiro atoms. The average molecular weight is 427 g/mol. The van der Waals surface area contributed by atoms with Crippen LogP contribution in [0, 0.1) is 11.3 Å². The molecular weight excluding hydrogens is 404 g/mol. The van der Waals surface area contributed by atoms with Gasteiger partial charge < -0.3 is 19.5 Å². The minimum Gasteiger partial charge on any atom is -0.490 e. The maximum absolute atomic E-state index is 12.2. The predicted octanol–water partition coefficient (Wildman–Crippen LogP) is 4.00. The van der Waals surface area contributed by atoms with E-state index >= 15 is 0 Å². The van der Waals surface area contributed by atoms with E-state index in [4.69, 9.17) is 25.8 Å². The van der Waals surface area contributed by atoms with Gasteiger partial charge >= 0.3 is 0 Å². The quantitative estimate of drug-likeness (QED) is 0.372. The van der Waals surface area contributed by atoms with Crippen molar-refractivity contribution in [2.75, 3.05) is 26.4 Å². The normalized spacial score (nSPS) is 16.0. The first-order valence-electron chi connectivity index (χ1n) is 9.77. The number of benzene rings is 2. The maximum Gasteiger partial charge on any atom is 0.262 e. The molecule has 1 heterocycles. The Morgan fingerprint density at radius 1 is 1.20 bits per heavy atom. The van der Waals surface area contributed by atoms with Crippen molar-refractivity contribution in [3.8, 4) is 17.6 Å². The molecule has 0 bridgehead atoms. The van der Waals surface area contributed by atoms with E-state index in [1.54, 1.807) is 42.5 Å². The molecular formula is C23H23ClN2O4. The Bertz CT molecular complexity index is 916. The van der Waals surface area contributed by atoms with E-state index in [0.29, 0.717) is 36.3 Å². The molecule has 1 amide bonds. The Hall–Kier alpha value is -3.01. The van der Waals surface area contributed by atoms with Gasteiger partial charge in [-0.25, -0.2) is 0 Å². The Morgan fingerprint density at radius 3 is 2.67 bits per heavy atom. The van der Waals surface area contributed by atoms with Gasteiger partial charge in [0.05, 0.1) is 11.1 Å². The van der Waals surface area contributed by atoms with Crippen LogP contribution in [0.3, 0.4) is 0 Å². The zero-order valence-corrected chi connectivity index (χ0v) is 17.2. The molecule has 0 unspecified atom stereocenters. The minimum atomic E-state index is -0.398. The molecule has 30 heavy (non-hydrogen) atoms. The minimum absolute atomic E-state index is 0.0345. The third-order valence-electron chi connectivity index (χ3n) is 4.52. The smallest absolute Gasteiger partial charge is 0.262 e. The van der Waals surface area contributed by atoms with Crippen LogP contribution >= 0.6 is 11.6 Å². The zero-order chi connectivity index (χ0) is 21.2. The van der Waals surface area contributed by atoms with Gasteiger partial charge in [-0.3, -0.25) is 4.79 Å². The molecule has 2 aromatic rings. The lowest BCUT2D eigenvalue weighted by atomic mass is 10.1. The van der Waals surface area contributed by atoms with Gasteiger partial charge in [-0.2, -0.15) is 5.26 Å². The van der Waals surface area contributed by atoms with Gasteiger partial charge in [0, 0.05) is 13.2 Å². The molecule has 0 radical (unpaired) electrons. The standard InChI is InChI=1S/C23H23ClN2O4/c24-21-5-1-2-6-22(21)30-13-12-29-19-9-7-17(8-10-19)14-18(15-25)23(27)26-16-20-4-3-11-28-20/h1-2,5-10,14,20H,3-4,11-13,16H2,(H,26,27)/b18-14+/t20-/m1/s1. The van der Waals surface area contributed by atoms with Gasteiger partial charge in [0.1, 0.15) is 36.4 Å². The number of nitrogens with one attached hydrogen (secondary N) is 1. The summed E-state index contributed by atoms with van der Waals surface area (Å²) in [6, 6.07) is 16.3. The molecule has 3 rings (SSSR count). The molecule has 1 atom stereocenters. The highest BCUT2D eigenvalue weighted by Crippen LogP contribution is 2.23. The maximum atomic E-state index is 12.2. The molecule has 2 aromatic carbocycles. The van der Waals surface area contributed by atoms with Crippen LogP contribution in [0.25, 0.3) is 6.08 Å². The number of halogens is 1. The van der Waals surface area contributed by atoms with Gasteiger partial charge in [0.2, 0.25) is 0 Å².